The molecule has 0 saturated carbocycles. The molecule has 0 aliphatic carbocycles. The predicted octanol–water partition coefficient (Wildman–Crippen LogP) is 5.03. The van der Waals surface area contributed by atoms with Crippen molar-refractivity contribution >= 4 is 72.2 Å². The highest BCUT2D eigenvalue weighted by Crippen LogP contribution is 2.35. The van der Waals surface area contributed by atoms with Crippen molar-refractivity contribution in [2.24, 2.45) is 0 Å². The van der Waals surface area contributed by atoms with Gasteiger partial charge in [-0.05, 0) is 42.5 Å². The molecule has 35 heavy (non-hydrogen) atoms. The second kappa shape index (κ2) is 9.37. The van der Waals surface area contributed by atoms with Crippen molar-refractivity contribution < 1.29 is 18.0 Å². The summed E-state index contributed by atoms with van der Waals surface area (Å²) in [5.74, 6) is -0.396. The summed E-state index contributed by atoms with van der Waals surface area (Å²) in [7, 11) is 0. The Labute approximate surface area is 209 Å². The first-order valence-electron chi connectivity index (χ1n) is 10.2. The van der Waals surface area contributed by atoms with E-state index in [1.807, 2.05) is 0 Å². The van der Waals surface area contributed by atoms with E-state index in [9.17, 15) is 18.4 Å². The summed E-state index contributed by atoms with van der Waals surface area (Å²) < 4.78 is 29.6. The molecular formula is C24H15BrN4O5S. The van der Waals surface area contributed by atoms with Crippen LogP contribution in [-0.4, -0.2) is 24.6 Å². The van der Waals surface area contributed by atoms with Crippen molar-refractivity contribution in [1.82, 2.24) is 9.97 Å². The predicted molar refractivity (Wildman–Crippen MR) is 137 cm³/mol. The van der Waals surface area contributed by atoms with Crippen molar-refractivity contribution in [1.29, 1.82) is 0 Å². The van der Waals surface area contributed by atoms with Crippen molar-refractivity contribution in [3.63, 3.8) is 0 Å². The fraction of sp³-hybridized carbons (Fsp3) is 0. The van der Waals surface area contributed by atoms with Crippen LogP contribution < -0.4 is 15.2 Å². The SMILES string of the molecule is O=C(Nc1ccnc(N(c2cc(Br)cc3ncccc23)S(=O)O)c1)c1cccc2ccc(=O)oc12. The minimum Gasteiger partial charge on any atom is -0.422 e. The molecule has 0 radical (unpaired) electrons. The molecule has 0 aliphatic heterocycles. The van der Waals surface area contributed by atoms with E-state index >= 15 is 0 Å². The summed E-state index contributed by atoms with van der Waals surface area (Å²) in [5, 5.41) is 3.97. The lowest BCUT2D eigenvalue weighted by Crippen LogP contribution is -2.21. The third kappa shape index (κ3) is 4.56. The Hall–Kier alpha value is -3.93. The number of nitrogens with one attached hydrogen (secondary N) is 1. The number of carbonyl (C=O) groups is 1. The number of hydrogen-bond donors (Lipinski definition) is 2. The molecule has 3 heterocycles. The Morgan fingerprint density at radius 3 is 2.71 bits per heavy atom. The second-order valence-corrected chi connectivity index (χ2v) is 9.10. The van der Waals surface area contributed by atoms with Crippen LogP contribution in [0.3, 0.4) is 0 Å². The molecule has 0 fully saturated rings. The van der Waals surface area contributed by atoms with Crippen molar-refractivity contribution in [2.75, 3.05) is 9.62 Å². The number of hydrogen-bond acceptors (Lipinski definition) is 6. The number of para-hydroxylation sites is 1. The third-order valence-electron chi connectivity index (χ3n) is 5.14. The molecule has 5 rings (SSSR count). The fourth-order valence-corrected chi connectivity index (χ4v) is 4.68. The fourth-order valence-electron chi connectivity index (χ4n) is 3.66. The molecule has 11 heteroatoms. The first-order valence-corrected chi connectivity index (χ1v) is 12.0. The summed E-state index contributed by atoms with van der Waals surface area (Å²) in [6.45, 7) is 0. The molecule has 5 aromatic rings. The van der Waals surface area contributed by atoms with Gasteiger partial charge in [0.05, 0.1) is 16.8 Å². The number of halogens is 1. The zero-order chi connectivity index (χ0) is 24.5. The third-order valence-corrected chi connectivity index (χ3v) is 6.30. The van der Waals surface area contributed by atoms with Gasteiger partial charge in [-0.15, -0.1) is 0 Å². The number of amides is 1. The van der Waals surface area contributed by atoms with Gasteiger partial charge < -0.3 is 9.73 Å². The van der Waals surface area contributed by atoms with Gasteiger partial charge in [0, 0.05) is 45.5 Å². The molecule has 3 aromatic heterocycles. The molecular weight excluding hydrogens is 536 g/mol. The quantitative estimate of drug-likeness (QED) is 0.232. The van der Waals surface area contributed by atoms with Gasteiger partial charge in [-0.1, -0.05) is 28.1 Å². The van der Waals surface area contributed by atoms with Gasteiger partial charge in [0.15, 0.2) is 5.58 Å². The molecule has 0 aliphatic rings. The molecule has 174 valence electrons. The highest BCUT2D eigenvalue weighted by atomic mass is 79.9. The number of nitrogens with zero attached hydrogens (tertiary/aromatic N) is 3. The lowest BCUT2D eigenvalue weighted by Gasteiger charge is -2.21. The molecule has 0 bridgehead atoms. The largest absolute Gasteiger partial charge is 0.422 e. The summed E-state index contributed by atoms with van der Waals surface area (Å²) >= 11 is 0.927. The van der Waals surface area contributed by atoms with Crippen LogP contribution in [0, 0.1) is 0 Å². The van der Waals surface area contributed by atoms with Crippen LogP contribution in [0.2, 0.25) is 0 Å². The molecule has 2 aromatic carbocycles. The molecule has 1 unspecified atom stereocenters. The molecule has 1 amide bonds. The number of aromatic nitrogens is 2. The van der Waals surface area contributed by atoms with Gasteiger partial charge in [0.2, 0.25) is 0 Å². The van der Waals surface area contributed by atoms with Gasteiger partial charge in [-0.25, -0.2) is 18.3 Å². The lowest BCUT2D eigenvalue weighted by atomic mass is 10.1. The van der Waals surface area contributed by atoms with Crippen LogP contribution in [0.25, 0.3) is 21.9 Å². The summed E-state index contributed by atoms with van der Waals surface area (Å²) in [5.41, 5.74) is 1.11. The summed E-state index contributed by atoms with van der Waals surface area (Å²) in [6.07, 6.45) is 3.04. The topological polar surface area (TPSA) is 126 Å². The van der Waals surface area contributed by atoms with E-state index in [1.165, 1.54) is 18.3 Å². The van der Waals surface area contributed by atoms with E-state index in [1.54, 1.807) is 60.8 Å². The average molecular weight is 551 g/mol. The van der Waals surface area contributed by atoms with Gasteiger partial charge in [-0.2, -0.15) is 0 Å². The van der Waals surface area contributed by atoms with Crippen LogP contribution in [0.1, 0.15) is 10.4 Å². The smallest absolute Gasteiger partial charge is 0.336 e. The number of anilines is 3. The minimum atomic E-state index is -2.49. The van der Waals surface area contributed by atoms with E-state index < -0.39 is 22.8 Å². The van der Waals surface area contributed by atoms with Crippen LogP contribution in [-0.2, 0) is 11.3 Å². The van der Waals surface area contributed by atoms with E-state index in [0.29, 0.717) is 32.1 Å². The normalized spacial score (nSPS) is 11.9. The molecule has 2 N–H and O–H groups in total. The summed E-state index contributed by atoms with van der Waals surface area (Å²) in [6, 6.07) is 17.8. The Bertz CT molecular complexity index is 1690. The Kier molecular flexibility index (Phi) is 6.12. The van der Waals surface area contributed by atoms with E-state index in [4.69, 9.17) is 4.42 Å². The first kappa shape index (κ1) is 22.8. The van der Waals surface area contributed by atoms with E-state index in [2.05, 4.69) is 31.2 Å². The van der Waals surface area contributed by atoms with Gasteiger partial charge in [-0.3, -0.25) is 14.3 Å². The number of carbonyl (C=O) groups excluding carboxylic acids is 1. The Balaban J connectivity index is 1.54. The van der Waals surface area contributed by atoms with Crippen LogP contribution in [0.15, 0.2) is 92.8 Å². The maximum Gasteiger partial charge on any atom is 0.336 e. The number of fused-ring (bicyclic) bond motifs is 2. The highest BCUT2D eigenvalue weighted by molar-refractivity contribution is 9.10. The van der Waals surface area contributed by atoms with E-state index in [0.717, 1.165) is 4.31 Å². The lowest BCUT2D eigenvalue weighted by molar-refractivity contribution is 0.102. The molecule has 0 spiro atoms. The highest BCUT2D eigenvalue weighted by Gasteiger charge is 2.21. The molecule has 1 atom stereocenters. The van der Waals surface area contributed by atoms with Gasteiger partial charge in [0.25, 0.3) is 17.2 Å². The second-order valence-electron chi connectivity index (χ2n) is 7.36. The maximum absolute atomic E-state index is 13.0. The number of benzene rings is 2. The zero-order valence-corrected chi connectivity index (χ0v) is 20.1. The van der Waals surface area contributed by atoms with Crippen molar-refractivity contribution in [3.05, 3.63) is 99.6 Å². The van der Waals surface area contributed by atoms with Gasteiger partial charge in [0.1, 0.15) is 5.82 Å². The number of rotatable bonds is 5. The van der Waals surface area contributed by atoms with Crippen LogP contribution in [0.5, 0.6) is 0 Å². The minimum absolute atomic E-state index is 0.122. The van der Waals surface area contributed by atoms with Gasteiger partial charge >= 0.3 is 5.63 Å². The average Bonchev–Trinajstić information content (AvgIpc) is 2.83. The first-order chi connectivity index (χ1) is 16.9. The monoisotopic (exact) mass is 550 g/mol. The van der Waals surface area contributed by atoms with E-state index in [-0.39, 0.29) is 17.0 Å². The molecule has 9 nitrogen and oxygen atoms in total. The zero-order valence-electron chi connectivity index (χ0n) is 17.7. The van der Waals surface area contributed by atoms with Crippen molar-refractivity contribution in [2.45, 2.75) is 0 Å². The van der Waals surface area contributed by atoms with Crippen LogP contribution >= 0.6 is 15.9 Å². The Morgan fingerprint density at radius 2 is 1.89 bits per heavy atom. The summed E-state index contributed by atoms with van der Waals surface area (Å²) in [4.78, 5) is 33.2. The number of pyridine rings is 2. The van der Waals surface area contributed by atoms with Crippen molar-refractivity contribution in [3.8, 4) is 0 Å². The molecule has 0 saturated heterocycles. The standard InChI is InChI=1S/C24H15BrN4O5S/c25-15-11-19-17(5-2-9-26-19)20(12-15)29(35(32)33)21-13-16(8-10-27-21)28-24(31)18-4-1-3-14-6-7-22(30)34-23(14)18/h1-13H,(H,32,33)(H,27,28,31). The maximum atomic E-state index is 13.0. The Morgan fingerprint density at radius 1 is 1.03 bits per heavy atom. The van der Waals surface area contributed by atoms with Crippen LogP contribution in [0.4, 0.5) is 17.2 Å².